The number of urea groups is 1. The van der Waals surface area contributed by atoms with Gasteiger partial charge in [0.15, 0.2) is 0 Å². The average molecular weight is 372 g/mol. The number of benzene rings is 1. The molecule has 146 valence electrons. The minimum absolute atomic E-state index is 0.216. The molecule has 1 aromatic rings. The summed E-state index contributed by atoms with van der Waals surface area (Å²) in [5.74, 6) is -0.361. The van der Waals surface area contributed by atoms with Crippen LogP contribution < -0.4 is 10.6 Å². The van der Waals surface area contributed by atoms with Crippen molar-refractivity contribution in [3.63, 3.8) is 0 Å². The van der Waals surface area contributed by atoms with Crippen LogP contribution in [0.15, 0.2) is 41.6 Å². The third kappa shape index (κ3) is 5.55. The summed E-state index contributed by atoms with van der Waals surface area (Å²) in [5, 5.41) is 5.45. The third-order valence-corrected chi connectivity index (χ3v) is 4.89. The number of nitrogens with zero attached hydrogens (tertiary/aromatic N) is 2. The first kappa shape index (κ1) is 19.4. The minimum Gasteiger partial charge on any atom is -0.463 e. The summed E-state index contributed by atoms with van der Waals surface area (Å²) in [6.07, 6.45) is 1.06. The van der Waals surface area contributed by atoms with E-state index in [1.807, 2.05) is 6.07 Å². The van der Waals surface area contributed by atoms with Crippen LogP contribution in [-0.4, -0.2) is 67.7 Å². The highest BCUT2D eigenvalue weighted by Crippen LogP contribution is 2.13. The number of rotatable bonds is 6. The molecule has 27 heavy (non-hydrogen) atoms. The fourth-order valence-electron chi connectivity index (χ4n) is 3.49. The third-order valence-electron chi connectivity index (χ3n) is 4.89. The molecule has 0 radical (unpaired) electrons. The van der Waals surface area contributed by atoms with Crippen molar-refractivity contribution in [1.82, 2.24) is 20.4 Å². The van der Waals surface area contributed by atoms with E-state index in [0.717, 1.165) is 39.1 Å². The highest BCUT2D eigenvalue weighted by molar-refractivity contribution is 5.93. The van der Waals surface area contributed by atoms with Gasteiger partial charge < -0.3 is 15.4 Å². The highest BCUT2D eigenvalue weighted by Gasteiger charge is 2.25. The van der Waals surface area contributed by atoms with Gasteiger partial charge >= 0.3 is 12.0 Å². The summed E-state index contributed by atoms with van der Waals surface area (Å²) in [6.45, 7) is 7.67. The maximum absolute atomic E-state index is 12.2. The number of nitrogens with one attached hydrogen (secondary N) is 2. The molecule has 0 atom stereocenters. The Hall–Kier alpha value is -2.38. The lowest BCUT2D eigenvalue weighted by atomic mass is 10.1. The van der Waals surface area contributed by atoms with Crippen LogP contribution >= 0.6 is 0 Å². The average Bonchev–Trinajstić information content (AvgIpc) is 2.88. The van der Waals surface area contributed by atoms with Crippen molar-refractivity contribution in [3.05, 3.63) is 47.2 Å². The van der Waals surface area contributed by atoms with Crippen LogP contribution in [0.5, 0.6) is 0 Å². The van der Waals surface area contributed by atoms with Gasteiger partial charge in [0.2, 0.25) is 0 Å². The van der Waals surface area contributed by atoms with E-state index in [0.29, 0.717) is 24.4 Å². The molecule has 2 heterocycles. The zero-order valence-corrected chi connectivity index (χ0v) is 15.9. The Kier molecular flexibility index (Phi) is 6.84. The van der Waals surface area contributed by atoms with E-state index in [1.54, 1.807) is 6.92 Å². The summed E-state index contributed by atoms with van der Waals surface area (Å²) in [4.78, 5) is 28.7. The van der Waals surface area contributed by atoms with Gasteiger partial charge in [0.05, 0.1) is 18.7 Å². The van der Waals surface area contributed by atoms with Crippen molar-refractivity contribution in [2.75, 3.05) is 45.9 Å². The van der Waals surface area contributed by atoms with Crippen molar-refractivity contribution < 1.29 is 14.3 Å². The molecule has 0 aliphatic carbocycles. The predicted molar refractivity (Wildman–Crippen MR) is 103 cm³/mol. The number of hydrogen-bond acceptors (Lipinski definition) is 5. The van der Waals surface area contributed by atoms with Crippen molar-refractivity contribution in [2.24, 2.45) is 0 Å². The molecule has 3 rings (SSSR count). The molecular formula is C20H28N4O3. The van der Waals surface area contributed by atoms with E-state index in [-0.39, 0.29) is 18.5 Å². The summed E-state index contributed by atoms with van der Waals surface area (Å²) in [5.41, 5.74) is 2.50. The van der Waals surface area contributed by atoms with Crippen molar-refractivity contribution in [1.29, 1.82) is 0 Å². The molecule has 0 unspecified atom stereocenters. The second-order valence-electron chi connectivity index (χ2n) is 6.88. The topological polar surface area (TPSA) is 73.9 Å². The standard InChI is InChI=1S/C20H28N4O3/c1-2-27-19(25)17-13-21-20(26)22-18(17)15-24-10-6-9-23(11-12-24)14-16-7-4-3-5-8-16/h3-5,7-8H,2,6,9-15H2,1H3,(H2,21,22,26). The summed E-state index contributed by atoms with van der Waals surface area (Å²) in [6, 6.07) is 10.2. The van der Waals surface area contributed by atoms with E-state index in [9.17, 15) is 9.59 Å². The molecule has 0 aromatic heterocycles. The molecular weight excluding hydrogens is 344 g/mol. The zero-order chi connectivity index (χ0) is 19.1. The number of esters is 1. The largest absolute Gasteiger partial charge is 0.463 e. The number of amides is 2. The predicted octanol–water partition coefficient (Wildman–Crippen LogP) is 1.32. The Labute approximate surface area is 160 Å². The molecule has 2 amide bonds. The molecule has 1 fully saturated rings. The molecule has 2 aliphatic heterocycles. The Morgan fingerprint density at radius 1 is 1.07 bits per heavy atom. The Morgan fingerprint density at radius 2 is 1.78 bits per heavy atom. The number of carbonyl (C=O) groups is 2. The second-order valence-corrected chi connectivity index (χ2v) is 6.88. The Bertz CT molecular complexity index is 690. The lowest BCUT2D eigenvalue weighted by Crippen LogP contribution is -2.47. The van der Waals surface area contributed by atoms with E-state index in [2.05, 4.69) is 44.7 Å². The van der Waals surface area contributed by atoms with Gasteiger partial charge in [-0.2, -0.15) is 0 Å². The fourth-order valence-corrected chi connectivity index (χ4v) is 3.49. The number of hydrogen-bond donors (Lipinski definition) is 2. The van der Waals surface area contributed by atoms with Crippen molar-refractivity contribution in [3.8, 4) is 0 Å². The van der Waals surface area contributed by atoms with Gasteiger partial charge in [0, 0.05) is 31.9 Å². The number of ether oxygens (including phenoxy) is 1. The van der Waals surface area contributed by atoms with Crippen molar-refractivity contribution in [2.45, 2.75) is 19.9 Å². The zero-order valence-electron chi connectivity index (χ0n) is 15.9. The van der Waals surface area contributed by atoms with Gasteiger partial charge in [-0.15, -0.1) is 0 Å². The smallest absolute Gasteiger partial charge is 0.337 e. The maximum Gasteiger partial charge on any atom is 0.337 e. The Balaban J connectivity index is 1.61. The van der Waals surface area contributed by atoms with Gasteiger partial charge in [0.1, 0.15) is 0 Å². The molecule has 7 nitrogen and oxygen atoms in total. The van der Waals surface area contributed by atoms with Crippen LogP contribution in [0.1, 0.15) is 18.9 Å². The summed E-state index contributed by atoms with van der Waals surface area (Å²) in [7, 11) is 0. The van der Waals surface area contributed by atoms with Gasteiger partial charge in [0.25, 0.3) is 0 Å². The normalized spacial score (nSPS) is 19.2. The van der Waals surface area contributed by atoms with Crippen LogP contribution in [0.2, 0.25) is 0 Å². The van der Waals surface area contributed by atoms with Crippen LogP contribution in [0, 0.1) is 0 Å². The van der Waals surface area contributed by atoms with Crippen LogP contribution in [-0.2, 0) is 16.1 Å². The lowest BCUT2D eigenvalue weighted by Gasteiger charge is -2.27. The first-order valence-corrected chi connectivity index (χ1v) is 9.58. The van der Waals surface area contributed by atoms with Crippen LogP contribution in [0.4, 0.5) is 4.79 Å². The molecule has 2 aliphatic rings. The molecule has 0 bridgehead atoms. The maximum atomic E-state index is 12.2. The first-order valence-electron chi connectivity index (χ1n) is 9.58. The molecule has 7 heteroatoms. The molecule has 1 aromatic carbocycles. The monoisotopic (exact) mass is 372 g/mol. The van der Waals surface area contributed by atoms with Crippen molar-refractivity contribution >= 4 is 12.0 Å². The molecule has 0 spiro atoms. The number of carbonyl (C=O) groups excluding carboxylic acids is 2. The minimum atomic E-state index is -0.361. The quantitative estimate of drug-likeness (QED) is 0.737. The van der Waals surface area contributed by atoms with E-state index in [4.69, 9.17) is 4.74 Å². The lowest BCUT2D eigenvalue weighted by molar-refractivity contribution is -0.138. The molecule has 0 saturated carbocycles. The van der Waals surface area contributed by atoms with E-state index >= 15 is 0 Å². The van der Waals surface area contributed by atoms with Crippen LogP contribution in [0.25, 0.3) is 0 Å². The van der Waals surface area contributed by atoms with E-state index in [1.165, 1.54) is 5.56 Å². The summed E-state index contributed by atoms with van der Waals surface area (Å²) >= 11 is 0. The highest BCUT2D eigenvalue weighted by atomic mass is 16.5. The fraction of sp³-hybridized carbons (Fsp3) is 0.500. The van der Waals surface area contributed by atoms with Gasteiger partial charge in [-0.25, -0.2) is 9.59 Å². The summed E-state index contributed by atoms with van der Waals surface area (Å²) < 4.78 is 5.13. The van der Waals surface area contributed by atoms with Crippen LogP contribution in [0.3, 0.4) is 0 Å². The molecule has 1 saturated heterocycles. The van der Waals surface area contributed by atoms with E-state index < -0.39 is 0 Å². The van der Waals surface area contributed by atoms with Gasteiger partial charge in [-0.1, -0.05) is 30.3 Å². The molecule has 2 N–H and O–H groups in total. The SMILES string of the molecule is CCOC(=O)C1=C(CN2CCCN(Cc3ccccc3)CC2)NC(=O)NC1. The first-order chi connectivity index (χ1) is 13.2. The van der Waals surface area contributed by atoms with Gasteiger partial charge in [-0.05, 0) is 32.0 Å². The second kappa shape index (κ2) is 9.53. The Morgan fingerprint density at radius 3 is 2.48 bits per heavy atom. The van der Waals surface area contributed by atoms with Gasteiger partial charge in [-0.3, -0.25) is 9.80 Å².